The lowest BCUT2D eigenvalue weighted by molar-refractivity contribution is -0.129. The van der Waals surface area contributed by atoms with Gasteiger partial charge in [-0.15, -0.1) is 11.3 Å². The van der Waals surface area contributed by atoms with Crippen LogP contribution >= 0.6 is 11.3 Å². The van der Waals surface area contributed by atoms with E-state index in [4.69, 9.17) is 4.98 Å². The summed E-state index contributed by atoms with van der Waals surface area (Å²) in [5.74, 6) is 1.54. The topological polar surface area (TPSA) is 68.8 Å². The number of hydrogen-bond donors (Lipinski definition) is 1. The van der Waals surface area contributed by atoms with Gasteiger partial charge in [0.25, 0.3) is 0 Å². The molecule has 0 saturated carbocycles. The lowest BCUT2D eigenvalue weighted by Gasteiger charge is -2.35. The third kappa shape index (κ3) is 4.59. The van der Waals surface area contributed by atoms with Crippen LogP contribution in [-0.2, 0) is 22.6 Å². The van der Waals surface area contributed by atoms with Crippen molar-refractivity contribution in [2.24, 2.45) is 0 Å². The van der Waals surface area contributed by atoms with Crippen molar-refractivity contribution < 1.29 is 9.59 Å². The molecule has 7 nitrogen and oxygen atoms in total. The van der Waals surface area contributed by atoms with E-state index in [2.05, 4.69) is 26.6 Å². The van der Waals surface area contributed by atoms with Crippen molar-refractivity contribution in [3.8, 4) is 0 Å². The van der Waals surface area contributed by atoms with Gasteiger partial charge in [0.2, 0.25) is 11.8 Å². The summed E-state index contributed by atoms with van der Waals surface area (Å²) in [5.41, 5.74) is 2.41. The van der Waals surface area contributed by atoms with Crippen molar-refractivity contribution >= 4 is 34.8 Å². The summed E-state index contributed by atoms with van der Waals surface area (Å²) >= 11 is 1.80. The Morgan fingerprint density at radius 1 is 1.14 bits per heavy atom. The average molecular weight is 414 g/mol. The van der Waals surface area contributed by atoms with Gasteiger partial charge in [-0.2, -0.15) is 0 Å². The summed E-state index contributed by atoms with van der Waals surface area (Å²) in [6, 6.07) is 6.01. The van der Waals surface area contributed by atoms with E-state index in [-0.39, 0.29) is 11.8 Å². The number of pyridine rings is 1. The number of thiophene rings is 1. The van der Waals surface area contributed by atoms with E-state index < -0.39 is 0 Å². The van der Waals surface area contributed by atoms with E-state index in [0.717, 1.165) is 44.0 Å². The summed E-state index contributed by atoms with van der Waals surface area (Å²) in [6.45, 7) is 8.65. The Balaban J connectivity index is 1.36. The minimum Gasteiger partial charge on any atom is -0.353 e. The highest BCUT2D eigenvalue weighted by molar-refractivity contribution is 7.10. The van der Waals surface area contributed by atoms with Gasteiger partial charge < -0.3 is 15.1 Å². The molecule has 2 amide bonds. The zero-order valence-corrected chi connectivity index (χ0v) is 17.8. The van der Waals surface area contributed by atoms with Gasteiger partial charge in [-0.1, -0.05) is 6.07 Å². The van der Waals surface area contributed by atoms with E-state index in [1.807, 2.05) is 24.0 Å². The molecule has 2 aliphatic heterocycles. The Bertz CT molecular complexity index is 904. The van der Waals surface area contributed by atoms with Crippen molar-refractivity contribution in [1.29, 1.82) is 0 Å². The van der Waals surface area contributed by atoms with Gasteiger partial charge in [0.05, 0.1) is 6.54 Å². The first-order chi connectivity index (χ1) is 14.0. The number of nitrogens with one attached hydrogen (secondary N) is 1. The van der Waals surface area contributed by atoms with Crippen molar-refractivity contribution in [3.05, 3.63) is 39.6 Å². The maximum atomic E-state index is 12.6. The molecule has 0 unspecified atom stereocenters. The second-order valence-electron chi connectivity index (χ2n) is 7.71. The number of nitrogens with zero attached hydrogens (tertiary/aromatic N) is 4. The molecule has 2 aliphatic rings. The average Bonchev–Trinajstić information content (AvgIpc) is 3.17. The Kier molecular flexibility index (Phi) is 5.82. The van der Waals surface area contributed by atoms with Crippen LogP contribution < -0.4 is 10.2 Å². The number of aromatic nitrogens is 1. The molecule has 2 aromatic rings. The minimum absolute atomic E-state index is 0.0348. The monoisotopic (exact) mass is 413 g/mol. The fraction of sp³-hybridized carbons (Fsp3) is 0.476. The predicted octanol–water partition coefficient (Wildman–Crippen LogP) is 2.12. The van der Waals surface area contributed by atoms with Crippen LogP contribution in [0.15, 0.2) is 23.6 Å². The van der Waals surface area contributed by atoms with Crippen LogP contribution in [0.25, 0.3) is 0 Å². The maximum absolute atomic E-state index is 12.6. The number of fused-ring (bicyclic) bond motifs is 1. The molecule has 4 rings (SSSR count). The summed E-state index contributed by atoms with van der Waals surface area (Å²) in [4.78, 5) is 36.5. The van der Waals surface area contributed by atoms with E-state index >= 15 is 0 Å². The van der Waals surface area contributed by atoms with Gasteiger partial charge in [0, 0.05) is 51.1 Å². The Morgan fingerprint density at radius 2 is 1.93 bits per heavy atom. The van der Waals surface area contributed by atoms with Crippen LogP contribution in [-0.4, -0.2) is 65.9 Å². The zero-order chi connectivity index (χ0) is 20.4. The van der Waals surface area contributed by atoms with E-state index in [9.17, 15) is 9.59 Å². The van der Waals surface area contributed by atoms with Crippen LogP contribution in [0.4, 0.5) is 11.6 Å². The molecule has 0 atom stereocenters. The lowest BCUT2D eigenvalue weighted by Crippen LogP contribution is -2.48. The number of aryl methyl sites for hydroxylation is 1. The summed E-state index contributed by atoms with van der Waals surface area (Å²) < 4.78 is 0. The molecule has 1 fully saturated rings. The normalized spacial score (nSPS) is 17.2. The molecule has 29 heavy (non-hydrogen) atoms. The van der Waals surface area contributed by atoms with E-state index in [1.54, 1.807) is 18.3 Å². The second kappa shape index (κ2) is 8.51. The van der Waals surface area contributed by atoms with Gasteiger partial charge in [0.15, 0.2) is 0 Å². The van der Waals surface area contributed by atoms with Crippen LogP contribution in [0.2, 0.25) is 0 Å². The highest BCUT2D eigenvalue weighted by atomic mass is 32.1. The fourth-order valence-corrected chi connectivity index (χ4v) is 4.86. The van der Waals surface area contributed by atoms with Gasteiger partial charge in [0.1, 0.15) is 11.6 Å². The molecule has 154 valence electrons. The number of rotatable bonds is 4. The van der Waals surface area contributed by atoms with Gasteiger partial charge in [-0.05, 0) is 42.0 Å². The molecule has 4 heterocycles. The Hall–Kier alpha value is -2.45. The number of carbonyl (C=O) groups excluding carboxylic acids is 2. The van der Waals surface area contributed by atoms with Crippen LogP contribution in [0.5, 0.6) is 0 Å². The van der Waals surface area contributed by atoms with Crippen molar-refractivity contribution in [3.63, 3.8) is 0 Å². The number of anilines is 2. The van der Waals surface area contributed by atoms with Gasteiger partial charge in [-0.3, -0.25) is 14.5 Å². The highest BCUT2D eigenvalue weighted by Gasteiger charge is 2.22. The van der Waals surface area contributed by atoms with E-state index in [1.165, 1.54) is 10.4 Å². The van der Waals surface area contributed by atoms with Gasteiger partial charge in [-0.25, -0.2) is 4.98 Å². The van der Waals surface area contributed by atoms with Crippen molar-refractivity contribution in [2.75, 3.05) is 49.5 Å². The minimum atomic E-state index is -0.0348. The fourth-order valence-electron chi connectivity index (χ4n) is 3.97. The molecule has 8 heteroatoms. The second-order valence-corrected chi connectivity index (χ2v) is 8.71. The molecular formula is C21H27N5O2S. The summed E-state index contributed by atoms with van der Waals surface area (Å²) in [5, 5.41) is 5.09. The molecule has 1 saturated heterocycles. The van der Waals surface area contributed by atoms with Gasteiger partial charge >= 0.3 is 0 Å². The SMILES string of the molecule is CC(=O)N1CCN(c2nc(NC(=O)CN3CCc4sccc4C3)ccc2C)CC1. The summed E-state index contributed by atoms with van der Waals surface area (Å²) in [6.07, 6.45) is 1.01. The molecule has 0 bridgehead atoms. The number of carbonyl (C=O) groups is 2. The highest BCUT2D eigenvalue weighted by Crippen LogP contribution is 2.24. The molecule has 0 aliphatic carbocycles. The number of hydrogen-bond acceptors (Lipinski definition) is 6. The first-order valence-electron chi connectivity index (χ1n) is 10.0. The Morgan fingerprint density at radius 3 is 2.69 bits per heavy atom. The van der Waals surface area contributed by atoms with Crippen molar-refractivity contribution in [2.45, 2.75) is 26.8 Å². The molecule has 0 radical (unpaired) electrons. The quantitative estimate of drug-likeness (QED) is 0.832. The van der Waals surface area contributed by atoms with Crippen LogP contribution in [0.1, 0.15) is 22.9 Å². The first-order valence-corrected chi connectivity index (χ1v) is 10.9. The first kappa shape index (κ1) is 19.8. The molecule has 0 spiro atoms. The standard InChI is InChI=1S/C21H27N5O2S/c1-15-3-4-19(23-21(15)26-10-8-25(9-11-26)16(2)27)22-20(28)14-24-7-5-18-17(13-24)6-12-29-18/h3-4,6,12H,5,7-11,13-14H2,1-2H3,(H,22,23,28). The largest absolute Gasteiger partial charge is 0.353 e. The maximum Gasteiger partial charge on any atom is 0.239 e. The zero-order valence-electron chi connectivity index (χ0n) is 17.0. The Labute approximate surface area is 175 Å². The number of amides is 2. The van der Waals surface area contributed by atoms with E-state index in [0.29, 0.717) is 25.5 Å². The third-order valence-electron chi connectivity index (χ3n) is 5.62. The van der Waals surface area contributed by atoms with Crippen LogP contribution in [0, 0.1) is 6.92 Å². The molecule has 1 N–H and O–H groups in total. The predicted molar refractivity (Wildman–Crippen MR) is 115 cm³/mol. The molecule has 0 aromatic carbocycles. The third-order valence-corrected chi connectivity index (χ3v) is 6.64. The lowest BCUT2D eigenvalue weighted by atomic mass is 10.1. The molecular weight excluding hydrogens is 386 g/mol. The van der Waals surface area contributed by atoms with Crippen molar-refractivity contribution in [1.82, 2.24) is 14.8 Å². The summed E-state index contributed by atoms with van der Waals surface area (Å²) in [7, 11) is 0. The molecule has 2 aromatic heterocycles. The van der Waals surface area contributed by atoms with Crippen LogP contribution in [0.3, 0.4) is 0 Å². The number of piperazine rings is 1. The smallest absolute Gasteiger partial charge is 0.239 e.